The van der Waals surface area contributed by atoms with Crippen LogP contribution < -0.4 is 10.2 Å². The minimum Gasteiger partial charge on any atom is -0.369 e. The number of carbonyl (C=O) groups is 1. The maximum atomic E-state index is 12.5. The molecule has 5 rings (SSSR count). The van der Waals surface area contributed by atoms with Crippen LogP contribution in [0.2, 0.25) is 0 Å². The first-order valence-electron chi connectivity index (χ1n) is 11.2. The van der Waals surface area contributed by atoms with E-state index in [2.05, 4.69) is 57.5 Å². The molecule has 1 N–H and O–H groups in total. The Balaban J connectivity index is 1.29. The number of thioether (sulfide) groups is 1. The maximum absolute atomic E-state index is 12.5. The lowest BCUT2D eigenvalue weighted by Crippen LogP contribution is -2.44. The number of hydrogen-bond donors (Lipinski definition) is 1. The zero-order valence-corrected chi connectivity index (χ0v) is 19.7. The summed E-state index contributed by atoms with van der Waals surface area (Å²) in [5, 5.41) is 12.6. The highest BCUT2D eigenvalue weighted by Crippen LogP contribution is 2.37. The molecule has 2 aromatic carbocycles. The highest BCUT2D eigenvalue weighted by molar-refractivity contribution is 8.04. The Morgan fingerprint density at radius 2 is 1.82 bits per heavy atom. The number of carbonyl (C=O) groups excluding carboxylic acids is 1. The number of amides is 1. The Morgan fingerprint density at radius 1 is 1.09 bits per heavy atom. The molecule has 7 nitrogen and oxygen atoms in total. The number of nitrogens with one attached hydrogen (secondary N) is 1. The van der Waals surface area contributed by atoms with Crippen molar-refractivity contribution < 1.29 is 4.79 Å². The van der Waals surface area contributed by atoms with Crippen molar-refractivity contribution in [3.05, 3.63) is 82.1 Å². The Hall–Kier alpha value is -3.67. The van der Waals surface area contributed by atoms with Crippen LogP contribution in [0.25, 0.3) is 6.08 Å². The lowest BCUT2D eigenvalue weighted by Gasteiger charge is -2.34. The molecule has 0 unspecified atom stereocenters. The highest BCUT2D eigenvalue weighted by atomic mass is 32.2. The molecule has 34 heavy (non-hydrogen) atoms. The minimum atomic E-state index is -0.183. The van der Waals surface area contributed by atoms with Gasteiger partial charge >= 0.3 is 0 Å². The summed E-state index contributed by atoms with van der Waals surface area (Å²) >= 11 is 1.34. The number of piperazine rings is 1. The maximum Gasteiger partial charge on any atom is 0.262 e. The first-order chi connectivity index (χ1) is 16.6. The van der Waals surface area contributed by atoms with Gasteiger partial charge in [0.2, 0.25) is 0 Å². The number of rotatable bonds is 4. The Bertz CT molecular complexity index is 1270. The standard InChI is InChI=1S/C26H24N6OS/c1-31-10-12-32(13-11-31)21-8-6-19(7-9-21)15-24-28-17-22-26(30-24)34-23(25(33)29-22)14-18-2-4-20(16-27)5-3-18/h2-9,14,17H,10-13,15H2,1H3,(H,29,33)/b23-14+. The summed E-state index contributed by atoms with van der Waals surface area (Å²) in [6, 6.07) is 17.9. The third-order valence-electron chi connectivity index (χ3n) is 5.99. The zero-order valence-electron chi connectivity index (χ0n) is 18.9. The van der Waals surface area contributed by atoms with Gasteiger partial charge in [-0.15, -0.1) is 0 Å². The molecular formula is C26H24N6OS. The van der Waals surface area contributed by atoms with E-state index >= 15 is 0 Å². The molecule has 1 fully saturated rings. The van der Waals surface area contributed by atoms with Crippen molar-refractivity contribution in [3.63, 3.8) is 0 Å². The quantitative estimate of drug-likeness (QED) is 0.461. The SMILES string of the molecule is CN1CCN(c2ccc(Cc3ncc4c(n3)S/C(=C/c3ccc(C#N)cc3)C(=O)N4)cc2)CC1. The van der Waals surface area contributed by atoms with Crippen molar-refractivity contribution in [1.29, 1.82) is 5.26 Å². The molecule has 0 bridgehead atoms. The fourth-order valence-electron chi connectivity index (χ4n) is 3.96. The van der Waals surface area contributed by atoms with E-state index in [1.54, 1.807) is 18.3 Å². The lowest BCUT2D eigenvalue weighted by atomic mass is 10.1. The molecule has 1 amide bonds. The van der Waals surface area contributed by atoms with E-state index in [1.165, 1.54) is 17.4 Å². The van der Waals surface area contributed by atoms with Gasteiger partial charge in [0.1, 0.15) is 10.9 Å². The van der Waals surface area contributed by atoms with Crippen molar-refractivity contribution >= 4 is 35.1 Å². The van der Waals surface area contributed by atoms with Crippen molar-refractivity contribution in [2.45, 2.75) is 11.4 Å². The van der Waals surface area contributed by atoms with Gasteiger partial charge in [0.05, 0.1) is 28.4 Å². The molecule has 0 aliphatic carbocycles. The molecule has 3 heterocycles. The topological polar surface area (TPSA) is 85.2 Å². The number of benzene rings is 2. The van der Waals surface area contributed by atoms with Gasteiger partial charge < -0.3 is 15.1 Å². The highest BCUT2D eigenvalue weighted by Gasteiger charge is 2.23. The average molecular weight is 469 g/mol. The Labute approximate surface area is 203 Å². The van der Waals surface area contributed by atoms with Crippen molar-refractivity contribution in [2.75, 3.05) is 43.4 Å². The van der Waals surface area contributed by atoms with Gasteiger partial charge in [-0.05, 0) is 48.5 Å². The first kappa shape index (κ1) is 22.1. The molecule has 0 spiro atoms. The number of likely N-dealkylation sites (N-methyl/N-ethyl adjacent to an activating group) is 1. The predicted octanol–water partition coefficient (Wildman–Crippen LogP) is 3.78. The van der Waals surface area contributed by atoms with Crippen LogP contribution >= 0.6 is 11.8 Å². The Kier molecular flexibility index (Phi) is 6.30. The minimum absolute atomic E-state index is 0.183. The molecule has 3 aromatic rings. The van der Waals surface area contributed by atoms with Crippen LogP contribution in [-0.2, 0) is 11.2 Å². The second-order valence-electron chi connectivity index (χ2n) is 8.44. The molecule has 8 heteroatoms. The van der Waals surface area contributed by atoms with Gasteiger partial charge in [0.15, 0.2) is 0 Å². The van der Waals surface area contributed by atoms with Crippen LogP contribution in [0.3, 0.4) is 0 Å². The zero-order chi connectivity index (χ0) is 23.5. The second-order valence-corrected chi connectivity index (χ2v) is 9.47. The van der Waals surface area contributed by atoms with Crippen LogP contribution in [-0.4, -0.2) is 54.0 Å². The van der Waals surface area contributed by atoms with E-state index in [0.29, 0.717) is 28.4 Å². The molecule has 0 radical (unpaired) electrons. The lowest BCUT2D eigenvalue weighted by molar-refractivity contribution is -0.112. The summed E-state index contributed by atoms with van der Waals surface area (Å²) in [4.78, 5) is 27.0. The van der Waals surface area contributed by atoms with Crippen molar-refractivity contribution in [2.24, 2.45) is 0 Å². The average Bonchev–Trinajstić information content (AvgIpc) is 2.86. The number of nitrogens with zero attached hydrogens (tertiary/aromatic N) is 5. The summed E-state index contributed by atoms with van der Waals surface area (Å²) in [7, 11) is 2.16. The van der Waals surface area contributed by atoms with Crippen LogP contribution in [0.15, 0.2) is 64.7 Å². The third-order valence-corrected chi connectivity index (χ3v) is 7.01. The monoisotopic (exact) mass is 468 g/mol. The summed E-state index contributed by atoms with van der Waals surface area (Å²) in [6.45, 7) is 4.26. The van der Waals surface area contributed by atoms with E-state index in [4.69, 9.17) is 10.2 Å². The summed E-state index contributed by atoms with van der Waals surface area (Å²) in [5.74, 6) is 0.533. The molecule has 1 saturated heterocycles. The van der Waals surface area contributed by atoms with Crippen molar-refractivity contribution in [3.8, 4) is 6.07 Å². The molecule has 0 atom stereocenters. The Morgan fingerprint density at radius 3 is 2.53 bits per heavy atom. The normalized spacial score (nSPS) is 17.2. The van der Waals surface area contributed by atoms with Gasteiger partial charge in [-0.2, -0.15) is 5.26 Å². The molecule has 2 aliphatic rings. The van der Waals surface area contributed by atoms with E-state index in [0.717, 1.165) is 42.3 Å². The first-order valence-corrected chi connectivity index (χ1v) is 12.0. The van der Waals surface area contributed by atoms with Gasteiger partial charge in [-0.1, -0.05) is 36.0 Å². The van der Waals surface area contributed by atoms with E-state index in [-0.39, 0.29) is 5.91 Å². The predicted molar refractivity (Wildman–Crippen MR) is 135 cm³/mol. The van der Waals surface area contributed by atoms with Crippen LogP contribution in [0.4, 0.5) is 11.4 Å². The fourth-order valence-corrected chi connectivity index (χ4v) is 4.87. The molecule has 2 aliphatic heterocycles. The van der Waals surface area contributed by atoms with Gasteiger partial charge in [0, 0.05) is 38.3 Å². The fraction of sp³-hybridized carbons (Fsp3) is 0.231. The van der Waals surface area contributed by atoms with Gasteiger partial charge in [0.25, 0.3) is 5.91 Å². The molecule has 170 valence electrons. The smallest absolute Gasteiger partial charge is 0.262 e. The van der Waals surface area contributed by atoms with E-state index in [9.17, 15) is 4.79 Å². The largest absolute Gasteiger partial charge is 0.369 e. The van der Waals surface area contributed by atoms with Crippen molar-refractivity contribution in [1.82, 2.24) is 14.9 Å². The number of nitriles is 1. The van der Waals surface area contributed by atoms with E-state index in [1.807, 2.05) is 18.2 Å². The van der Waals surface area contributed by atoms with Gasteiger partial charge in [-0.25, -0.2) is 9.97 Å². The molecular weight excluding hydrogens is 444 g/mol. The number of anilines is 2. The van der Waals surface area contributed by atoms with Crippen LogP contribution in [0.1, 0.15) is 22.5 Å². The summed E-state index contributed by atoms with van der Waals surface area (Å²) in [5.41, 5.74) is 4.47. The number of aromatic nitrogens is 2. The molecule has 1 aromatic heterocycles. The van der Waals surface area contributed by atoms with Gasteiger partial charge in [-0.3, -0.25) is 4.79 Å². The number of fused-ring (bicyclic) bond motifs is 1. The molecule has 0 saturated carbocycles. The van der Waals surface area contributed by atoms with Crippen LogP contribution in [0, 0.1) is 11.3 Å². The second kappa shape index (κ2) is 9.67. The summed E-state index contributed by atoms with van der Waals surface area (Å²) < 4.78 is 0. The third kappa shape index (κ3) is 4.96. The summed E-state index contributed by atoms with van der Waals surface area (Å²) in [6.07, 6.45) is 4.11. The number of hydrogen-bond acceptors (Lipinski definition) is 7. The van der Waals surface area contributed by atoms with E-state index < -0.39 is 0 Å². The van der Waals surface area contributed by atoms with Crippen LogP contribution in [0.5, 0.6) is 0 Å².